The highest BCUT2D eigenvalue weighted by Gasteiger charge is 2.48. The third kappa shape index (κ3) is 3.46. The molecule has 152 valence electrons. The second kappa shape index (κ2) is 7.77. The Balaban J connectivity index is 1.96. The summed E-state index contributed by atoms with van der Waals surface area (Å²) in [6.45, 7) is 3.72. The molecular weight excluding hydrogens is 471 g/mol. The van der Waals surface area contributed by atoms with Crippen LogP contribution in [0.5, 0.6) is 0 Å². The lowest BCUT2D eigenvalue weighted by Gasteiger charge is -2.23. The number of aliphatic hydroxyl groups is 1. The van der Waals surface area contributed by atoms with Crippen LogP contribution in [0.1, 0.15) is 27.7 Å². The van der Waals surface area contributed by atoms with E-state index in [4.69, 9.17) is 0 Å². The van der Waals surface area contributed by atoms with Crippen molar-refractivity contribution in [2.45, 2.75) is 19.9 Å². The van der Waals surface area contributed by atoms with Gasteiger partial charge >= 0.3 is 5.91 Å². The normalized spacial score (nSPS) is 18.3. The number of benzene rings is 2. The molecule has 4 rings (SSSR count). The number of thiazole rings is 1. The number of rotatable bonds is 3. The van der Waals surface area contributed by atoms with Gasteiger partial charge in [0.25, 0.3) is 5.78 Å². The van der Waals surface area contributed by atoms with Crippen molar-refractivity contribution < 1.29 is 19.1 Å². The number of aryl methyl sites for hydroxylation is 2. The molecule has 2 aromatic carbocycles. The van der Waals surface area contributed by atoms with Gasteiger partial charge in [0, 0.05) is 14.9 Å². The molecule has 5 nitrogen and oxygen atoms in total. The monoisotopic (exact) mass is 486 g/mol. The van der Waals surface area contributed by atoms with Gasteiger partial charge in [0.05, 0.1) is 17.3 Å². The summed E-state index contributed by atoms with van der Waals surface area (Å²) in [6.07, 6.45) is 0. The first kappa shape index (κ1) is 20.4. The van der Waals surface area contributed by atoms with Crippen LogP contribution in [0, 0.1) is 19.7 Å². The lowest BCUT2D eigenvalue weighted by Crippen LogP contribution is -2.29. The van der Waals surface area contributed by atoms with Crippen molar-refractivity contribution in [3.8, 4) is 0 Å². The Morgan fingerprint density at radius 3 is 2.47 bits per heavy atom. The number of amides is 1. The van der Waals surface area contributed by atoms with Gasteiger partial charge in [-0.3, -0.25) is 14.5 Å². The van der Waals surface area contributed by atoms with Crippen molar-refractivity contribution in [2.24, 2.45) is 0 Å². The molecule has 1 N–H and O–H groups in total. The van der Waals surface area contributed by atoms with Crippen molar-refractivity contribution in [3.63, 3.8) is 0 Å². The fourth-order valence-electron chi connectivity index (χ4n) is 3.34. The Morgan fingerprint density at radius 1 is 1.17 bits per heavy atom. The van der Waals surface area contributed by atoms with Crippen molar-refractivity contribution in [2.75, 3.05) is 4.90 Å². The summed E-state index contributed by atoms with van der Waals surface area (Å²) in [7, 11) is 0. The van der Waals surface area contributed by atoms with Gasteiger partial charge in [0.15, 0.2) is 5.13 Å². The maximum Gasteiger partial charge on any atom is 0.301 e. The van der Waals surface area contributed by atoms with E-state index in [1.165, 1.54) is 40.5 Å². The molecule has 0 saturated carbocycles. The number of carbonyl (C=O) groups is 2. The number of hydrogen-bond donors (Lipinski definition) is 1. The summed E-state index contributed by atoms with van der Waals surface area (Å²) in [5.74, 6) is -2.40. The highest BCUT2D eigenvalue weighted by molar-refractivity contribution is 9.10. The van der Waals surface area contributed by atoms with Gasteiger partial charge in [0.1, 0.15) is 11.6 Å². The van der Waals surface area contributed by atoms with Crippen molar-refractivity contribution in [1.29, 1.82) is 0 Å². The quantitative estimate of drug-likeness (QED) is 0.310. The number of halogens is 2. The lowest BCUT2D eigenvalue weighted by molar-refractivity contribution is -0.132. The van der Waals surface area contributed by atoms with Crippen LogP contribution in [0.15, 0.2) is 58.6 Å². The Labute approximate surface area is 184 Å². The summed E-state index contributed by atoms with van der Waals surface area (Å²) >= 11 is 4.73. The van der Waals surface area contributed by atoms with Crippen molar-refractivity contribution in [1.82, 2.24) is 4.98 Å². The van der Waals surface area contributed by atoms with Gasteiger partial charge in [0.2, 0.25) is 0 Å². The molecule has 8 heteroatoms. The molecule has 30 heavy (non-hydrogen) atoms. The number of carbonyl (C=O) groups excluding carboxylic acids is 2. The number of Topliss-reactive ketones (excluding diaryl/α,β-unsaturated/α-hetero) is 1. The number of hydrogen-bond acceptors (Lipinski definition) is 5. The Bertz CT molecular complexity index is 1180. The fourth-order valence-corrected chi connectivity index (χ4v) is 4.70. The van der Waals surface area contributed by atoms with E-state index in [2.05, 4.69) is 20.9 Å². The molecule has 1 atom stereocenters. The molecular formula is C22H16BrFN2O3S. The fraction of sp³-hybridized carbons (Fsp3) is 0.136. The van der Waals surface area contributed by atoms with Crippen LogP contribution >= 0.6 is 27.3 Å². The Kier molecular flexibility index (Phi) is 5.29. The highest BCUT2D eigenvalue weighted by Crippen LogP contribution is 2.44. The predicted octanol–water partition coefficient (Wildman–Crippen LogP) is 5.29. The topological polar surface area (TPSA) is 70.5 Å². The largest absolute Gasteiger partial charge is 0.507 e. The molecule has 1 saturated heterocycles. The average Bonchev–Trinajstić information content (AvgIpc) is 3.18. The van der Waals surface area contributed by atoms with Crippen LogP contribution in [-0.2, 0) is 9.59 Å². The molecule has 0 spiro atoms. The zero-order valence-corrected chi connectivity index (χ0v) is 18.4. The third-order valence-electron chi connectivity index (χ3n) is 4.95. The van der Waals surface area contributed by atoms with E-state index in [-0.39, 0.29) is 16.9 Å². The van der Waals surface area contributed by atoms with Crippen LogP contribution < -0.4 is 4.90 Å². The smallest absolute Gasteiger partial charge is 0.301 e. The maximum atomic E-state index is 13.3. The molecule has 3 aromatic rings. The predicted molar refractivity (Wildman–Crippen MR) is 117 cm³/mol. The minimum Gasteiger partial charge on any atom is -0.507 e. The molecule has 1 aliphatic heterocycles. The van der Waals surface area contributed by atoms with Gasteiger partial charge < -0.3 is 5.11 Å². The molecule has 1 amide bonds. The minimum absolute atomic E-state index is 0.0600. The number of nitrogens with zero attached hydrogens (tertiary/aromatic N) is 2. The summed E-state index contributed by atoms with van der Waals surface area (Å²) in [4.78, 5) is 32.7. The second-order valence-electron chi connectivity index (χ2n) is 6.87. The second-order valence-corrected chi connectivity index (χ2v) is 8.97. The van der Waals surface area contributed by atoms with Crippen LogP contribution in [-0.4, -0.2) is 21.8 Å². The summed E-state index contributed by atoms with van der Waals surface area (Å²) in [6, 6.07) is 11.4. The number of anilines is 1. The molecule has 1 fully saturated rings. The van der Waals surface area contributed by atoms with E-state index in [9.17, 15) is 19.1 Å². The first-order valence-electron chi connectivity index (χ1n) is 9.04. The van der Waals surface area contributed by atoms with Crippen LogP contribution in [0.2, 0.25) is 0 Å². The highest BCUT2D eigenvalue weighted by atomic mass is 79.9. The van der Waals surface area contributed by atoms with E-state index in [1.54, 1.807) is 18.2 Å². The Morgan fingerprint density at radius 2 is 1.87 bits per heavy atom. The van der Waals surface area contributed by atoms with E-state index in [0.717, 1.165) is 15.0 Å². The van der Waals surface area contributed by atoms with Crippen LogP contribution in [0.4, 0.5) is 9.52 Å². The van der Waals surface area contributed by atoms with E-state index < -0.39 is 23.5 Å². The van der Waals surface area contributed by atoms with Crippen molar-refractivity contribution in [3.05, 3.63) is 86.1 Å². The zero-order valence-electron chi connectivity index (χ0n) is 16.0. The van der Waals surface area contributed by atoms with Gasteiger partial charge in [-0.15, -0.1) is 11.3 Å². The molecule has 1 aromatic heterocycles. The van der Waals surface area contributed by atoms with Gasteiger partial charge in [-0.2, -0.15) is 0 Å². The van der Waals surface area contributed by atoms with Crippen LogP contribution in [0.3, 0.4) is 0 Å². The zero-order chi connectivity index (χ0) is 21.6. The standard InChI is InChI=1S/C22H16BrFN2O3S/c1-11-12(2)30-22(25-11)26-18(14-4-3-5-15(23)10-14)17(20(28)21(26)29)19(27)13-6-8-16(24)9-7-13/h3-10,18,27H,1-2H3/b19-17+/t18-/m0/s1. The van der Waals surface area contributed by atoms with E-state index >= 15 is 0 Å². The van der Waals surface area contributed by atoms with Crippen LogP contribution in [0.25, 0.3) is 5.76 Å². The van der Waals surface area contributed by atoms with Crippen molar-refractivity contribution >= 4 is 49.8 Å². The average molecular weight is 487 g/mol. The van der Waals surface area contributed by atoms with Gasteiger partial charge in [-0.25, -0.2) is 9.37 Å². The van der Waals surface area contributed by atoms with E-state index in [1.807, 2.05) is 19.9 Å². The van der Waals surface area contributed by atoms with E-state index in [0.29, 0.717) is 10.7 Å². The minimum atomic E-state index is -0.863. The Hall–Kier alpha value is -2.84. The first-order valence-corrected chi connectivity index (χ1v) is 10.7. The third-order valence-corrected chi connectivity index (χ3v) is 6.52. The number of aromatic nitrogens is 1. The molecule has 0 unspecified atom stereocenters. The summed E-state index contributed by atoms with van der Waals surface area (Å²) in [5, 5.41) is 11.3. The summed E-state index contributed by atoms with van der Waals surface area (Å²) < 4.78 is 14.1. The molecule has 1 aliphatic rings. The molecule has 0 aliphatic carbocycles. The summed E-state index contributed by atoms with van der Waals surface area (Å²) in [5.41, 5.74) is 1.59. The van der Waals surface area contributed by atoms with Gasteiger partial charge in [-0.05, 0) is 55.8 Å². The first-order chi connectivity index (χ1) is 14.3. The molecule has 0 radical (unpaired) electrons. The lowest BCUT2D eigenvalue weighted by atomic mass is 9.95. The molecule has 2 heterocycles. The maximum absolute atomic E-state index is 13.3. The number of ketones is 1. The van der Waals surface area contributed by atoms with Gasteiger partial charge in [-0.1, -0.05) is 28.1 Å². The molecule has 0 bridgehead atoms. The SMILES string of the molecule is Cc1nc(N2C(=O)C(=O)/C(=C(/O)c3ccc(F)cc3)[C@@H]2c2cccc(Br)c2)sc1C. The number of aliphatic hydroxyl groups excluding tert-OH is 1.